The van der Waals surface area contributed by atoms with Crippen molar-refractivity contribution in [3.63, 3.8) is 0 Å². The van der Waals surface area contributed by atoms with Crippen LogP contribution in [0.2, 0.25) is 0 Å². The van der Waals surface area contributed by atoms with E-state index in [2.05, 4.69) is 90.5 Å². The summed E-state index contributed by atoms with van der Waals surface area (Å²) < 4.78 is 4.37. The molecule has 0 aliphatic rings. The number of nitrogens with zero attached hydrogens (tertiary/aromatic N) is 4. The molecule has 31 heavy (non-hydrogen) atoms. The van der Waals surface area contributed by atoms with Gasteiger partial charge in [-0.05, 0) is 35.1 Å². The van der Waals surface area contributed by atoms with Gasteiger partial charge in [0, 0.05) is 57.3 Å². The van der Waals surface area contributed by atoms with Gasteiger partial charge in [-0.2, -0.15) is 0 Å². The van der Waals surface area contributed by atoms with Crippen LogP contribution in [-0.2, 0) is 19.6 Å². The Bertz CT molecular complexity index is 1100. The number of aryl methyl sites for hydroxylation is 1. The minimum absolute atomic E-state index is 0. The van der Waals surface area contributed by atoms with E-state index in [1.165, 1.54) is 22.0 Å². The predicted molar refractivity (Wildman–Crippen MR) is 138 cm³/mol. The molecule has 2 N–H and O–H groups in total. The molecular weight excluding hydrogens is 499 g/mol. The third kappa shape index (κ3) is 6.33. The zero-order valence-electron chi connectivity index (χ0n) is 17.7. The highest BCUT2D eigenvalue weighted by atomic mass is 127. The SMILES string of the molecule is CN=C(NCCCn1ccc2ccccc21)NCc1cccc(Cn2ccnc2)c1.I. The summed E-state index contributed by atoms with van der Waals surface area (Å²) >= 11 is 0. The molecule has 2 aromatic carbocycles. The monoisotopic (exact) mass is 528 g/mol. The maximum absolute atomic E-state index is 4.35. The standard InChI is InChI=1S/C24H28N6.HI/c1-25-24(27-11-5-13-30-14-10-22-8-2-3-9-23(22)30)28-17-20-6-4-7-21(16-20)18-29-15-12-26-19-29;/h2-4,6-10,12,14-16,19H,5,11,13,17-18H2,1H3,(H2,25,27,28);1H. The maximum atomic E-state index is 4.35. The van der Waals surface area contributed by atoms with Crippen LogP contribution in [0, 0.1) is 0 Å². The highest BCUT2D eigenvalue weighted by molar-refractivity contribution is 14.0. The topological polar surface area (TPSA) is 59.2 Å². The summed E-state index contributed by atoms with van der Waals surface area (Å²) in [6.07, 6.45) is 8.81. The van der Waals surface area contributed by atoms with Gasteiger partial charge in [0.15, 0.2) is 5.96 Å². The van der Waals surface area contributed by atoms with Gasteiger partial charge in [0.25, 0.3) is 0 Å². The molecule has 0 aliphatic carbocycles. The molecular formula is C24H29IN6. The zero-order chi connectivity index (χ0) is 20.6. The molecule has 0 aliphatic heterocycles. The van der Waals surface area contributed by atoms with Crippen molar-refractivity contribution in [2.75, 3.05) is 13.6 Å². The van der Waals surface area contributed by atoms with E-state index in [1.807, 2.05) is 19.6 Å². The van der Waals surface area contributed by atoms with Gasteiger partial charge < -0.3 is 19.8 Å². The van der Waals surface area contributed by atoms with E-state index < -0.39 is 0 Å². The minimum atomic E-state index is 0. The van der Waals surface area contributed by atoms with Crippen LogP contribution in [-0.4, -0.2) is 33.7 Å². The van der Waals surface area contributed by atoms with E-state index in [-0.39, 0.29) is 24.0 Å². The number of hydrogen-bond donors (Lipinski definition) is 2. The lowest BCUT2D eigenvalue weighted by Crippen LogP contribution is -2.37. The van der Waals surface area contributed by atoms with Gasteiger partial charge in [0.1, 0.15) is 0 Å². The molecule has 6 nitrogen and oxygen atoms in total. The van der Waals surface area contributed by atoms with Gasteiger partial charge in [0.2, 0.25) is 0 Å². The molecule has 162 valence electrons. The largest absolute Gasteiger partial charge is 0.356 e. The van der Waals surface area contributed by atoms with E-state index in [1.54, 1.807) is 6.20 Å². The lowest BCUT2D eigenvalue weighted by Gasteiger charge is -2.13. The van der Waals surface area contributed by atoms with Crippen LogP contribution < -0.4 is 10.6 Å². The summed E-state index contributed by atoms with van der Waals surface area (Å²) in [6.45, 7) is 3.41. The van der Waals surface area contributed by atoms with Crippen LogP contribution in [0.4, 0.5) is 0 Å². The fourth-order valence-electron chi connectivity index (χ4n) is 3.63. The third-order valence-corrected chi connectivity index (χ3v) is 5.15. The van der Waals surface area contributed by atoms with Crippen molar-refractivity contribution in [2.24, 2.45) is 4.99 Å². The Kier molecular flexibility index (Phi) is 8.52. The molecule has 0 unspecified atom stereocenters. The Balaban J connectivity index is 0.00000272. The van der Waals surface area contributed by atoms with Gasteiger partial charge in [-0.15, -0.1) is 24.0 Å². The molecule has 0 spiro atoms. The summed E-state index contributed by atoms with van der Waals surface area (Å²) in [5, 5.41) is 8.11. The quantitative estimate of drug-likeness (QED) is 0.156. The van der Waals surface area contributed by atoms with Crippen LogP contribution in [0.3, 0.4) is 0 Å². The van der Waals surface area contributed by atoms with E-state index in [0.29, 0.717) is 0 Å². The zero-order valence-corrected chi connectivity index (χ0v) is 20.1. The second-order valence-corrected chi connectivity index (χ2v) is 7.33. The fraction of sp³-hybridized carbons (Fsp3) is 0.250. The van der Waals surface area contributed by atoms with Crippen LogP contribution in [0.5, 0.6) is 0 Å². The maximum Gasteiger partial charge on any atom is 0.191 e. The average molecular weight is 528 g/mol. The van der Waals surface area contributed by atoms with Crippen LogP contribution in [0.15, 0.2) is 84.5 Å². The van der Waals surface area contributed by atoms with Crippen LogP contribution >= 0.6 is 24.0 Å². The molecule has 0 fully saturated rings. The number of guanidine groups is 1. The highest BCUT2D eigenvalue weighted by Crippen LogP contribution is 2.15. The number of aliphatic imine (C=N–C) groups is 1. The Hall–Kier alpha value is -2.81. The number of aromatic nitrogens is 3. The molecule has 4 aromatic rings. The van der Waals surface area contributed by atoms with Crippen molar-refractivity contribution < 1.29 is 0 Å². The summed E-state index contributed by atoms with van der Waals surface area (Å²) in [5.41, 5.74) is 3.78. The van der Waals surface area contributed by atoms with Crippen molar-refractivity contribution in [2.45, 2.75) is 26.1 Å². The first-order valence-electron chi connectivity index (χ1n) is 10.3. The summed E-state index contributed by atoms with van der Waals surface area (Å²) in [6, 6.07) is 19.3. The number of benzene rings is 2. The van der Waals surface area contributed by atoms with Gasteiger partial charge in [0.05, 0.1) is 6.33 Å². The van der Waals surface area contributed by atoms with E-state index in [0.717, 1.165) is 38.6 Å². The lowest BCUT2D eigenvalue weighted by atomic mass is 10.1. The molecule has 7 heteroatoms. The van der Waals surface area contributed by atoms with Crippen molar-refractivity contribution in [3.8, 4) is 0 Å². The first-order valence-corrected chi connectivity index (χ1v) is 10.3. The van der Waals surface area contributed by atoms with Gasteiger partial charge >= 0.3 is 0 Å². The number of para-hydroxylation sites is 1. The van der Waals surface area contributed by atoms with Crippen LogP contribution in [0.25, 0.3) is 10.9 Å². The molecule has 0 bridgehead atoms. The Morgan fingerprint density at radius 1 is 1.00 bits per heavy atom. The second-order valence-electron chi connectivity index (χ2n) is 7.33. The second kappa shape index (κ2) is 11.5. The molecule has 0 saturated heterocycles. The Morgan fingerprint density at radius 2 is 1.87 bits per heavy atom. The summed E-state index contributed by atoms with van der Waals surface area (Å²) in [7, 11) is 1.81. The molecule has 0 atom stereocenters. The van der Waals surface area contributed by atoms with Crippen molar-refractivity contribution in [1.29, 1.82) is 0 Å². The average Bonchev–Trinajstić information content (AvgIpc) is 3.43. The molecule has 2 heterocycles. The van der Waals surface area contributed by atoms with Crippen molar-refractivity contribution >= 4 is 40.8 Å². The minimum Gasteiger partial charge on any atom is -0.356 e. The summed E-state index contributed by atoms with van der Waals surface area (Å²) in [5.74, 6) is 0.826. The lowest BCUT2D eigenvalue weighted by molar-refractivity contribution is 0.640. The van der Waals surface area contributed by atoms with E-state index in [9.17, 15) is 0 Å². The Morgan fingerprint density at radius 3 is 2.71 bits per heavy atom. The van der Waals surface area contributed by atoms with Crippen molar-refractivity contribution in [1.82, 2.24) is 24.8 Å². The molecule has 0 radical (unpaired) electrons. The van der Waals surface area contributed by atoms with Crippen molar-refractivity contribution in [3.05, 3.63) is 90.6 Å². The van der Waals surface area contributed by atoms with E-state index in [4.69, 9.17) is 0 Å². The predicted octanol–water partition coefficient (Wildman–Crippen LogP) is 4.26. The smallest absolute Gasteiger partial charge is 0.191 e. The number of halogens is 1. The first-order chi connectivity index (χ1) is 14.8. The number of imidazole rings is 1. The van der Waals surface area contributed by atoms with E-state index >= 15 is 0 Å². The summed E-state index contributed by atoms with van der Waals surface area (Å²) in [4.78, 5) is 8.45. The van der Waals surface area contributed by atoms with Gasteiger partial charge in [-0.1, -0.05) is 42.5 Å². The molecule has 0 amide bonds. The third-order valence-electron chi connectivity index (χ3n) is 5.15. The molecule has 0 saturated carbocycles. The first kappa shape index (κ1) is 22.9. The van der Waals surface area contributed by atoms with Crippen LogP contribution in [0.1, 0.15) is 17.5 Å². The van der Waals surface area contributed by atoms with Gasteiger partial charge in [-0.3, -0.25) is 4.99 Å². The highest BCUT2D eigenvalue weighted by Gasteiger charge is 2.02. The number of nitrogens with one attached hydrogen (secondary N) is 2. The Labute approximate surface area is 200 Å². The molecule has 2 aromatic heterocycles. The molecule has 4 rings (SSSR count). The number of rotatable bonds is 8. The normalized spacial score (nSPS) is 11.3. The number of fused-ring (bicyclic) bond motifs is 1. The van der Waals surface area contributed by atoms with Gasteiger partial charge in [-0.25, -0.2) is 4.98 Å². The number of hydrogen-bond acceptors (Lipinski definition) is 2. The fourth-order valence-corrected chi connectivity index (χ4v) is 3.63.